The minimum atomic E-state index is -0.160. The average Bonchev–Trinajstić information content (AvgIpc) is 2.15. The molecule has 2 atom stereocenters. The highest BCUT2D eigenvalue weighted by molar-refractivity contribution is 8.01. The molecule has 0 heterocycles. The molecule has 4 N–H and O–H groups in total. The number of thioether (sulfide) groups is 1. The van der Waals surface area contributed by atoms with Gasteiger partial charge in [-0.1, -0.05) is 20.3 Å². The number of hydrogen-bond donors (Lipinski definition) is 3. The fourth-order valence-corrected chi connectivity index (χ4v) is 2.15. The second-order valence-corrected chi connectivity index (χ2v) is 4.56. The third kappa shape index (κ3) is 5.13. The summed E-state index contributed by atoms with van der Waals surface area (Å²) in [7, 11) is 0. The number of carbonyl (C=O) groups excluding carboxylic acids is 1. The lowest BCUT2D eigenvalue weighted by molar-refractivity contribution is -0.120. The van der Waals surface area contributed by atoms with Gasteiger partial charge >= 0.3 is 0 Å². The summed E-state index contributed by atoms with van der Waals surface area (Å²) in [5.74, 6) is 4.88. The summed E-state index contributed by atoms with van der Waals surface area (Å²) in [5.41, 5.74) is 2.14. The molecule has 4 nitrogen and oxygen atoms in total. The van der Waals surface area contributed by atoms with Crippen LogP contribution in [0.25, 0.3) is 0 Å². The molecule has 2 unspecified atom stereocenters. The summed E-state index contributed by atoms with van der Waals surface area (Å²) >= 11 is 1.46. The molecule has 0 aliphatic heterocycles. The predicted octanol–water partition coefficient (Wildman–Crippen LogP) is 0.259. The molecule has 0 saturated carbocycles. The SMILES string of the molecule is CCCC(SC(C)CO)C(=O)NN. The summed E-state index contributed by atoms with van der Waals surface area (Å²) in [6, 6.07) is 0. The maximum atomic E-state index is 11.2. The molecule has 0 aromatic rings. The maximum absolute atomic E-state index is 11.2. The minimum absolute atomic E-state index is 0.0776. The summed E-state index contributed by atoms with van der Waals surface area (Å²) in [4.78, 5) is 11.2. The minimum Gasteiger partial charge on any atom is -0.395 e. The van der Waals surface area contributed by atoms with Crippen LogP contribution in [0.2, 0.25) is 0 Å². The molecule has 0 aromatic carbocycles. The van der Waals surface area contributed by atoms with Crippen LogP contribution in [-0.2, 0) is 4.79 Å². The van der Waals surface area contributed by atoms with Crippen molar-refractivity contribution < 1.29 is 9.90 Å². The van der Waals surface area contributed by atoms with Gasteiger partial charge in [-0.2, -0.15) is 0 Å². The van der Waals surface area contributed by atoms with Crippen LogP contribution in [0.15, 0.2) is 0 Å². The molecule has 0 aliphatic carbocycles. The number of carbonyl (C=O) groups is 1. The van der Waals surface area contributed by atoms with E-state index in [0.717, 1.165) is 12.8 Å². The molecule has 0 aliphatic rings. The Hall–Kier alpha value is -0.260. The van der Waals surface area contributed by atoms with Gasteiger partial charge in [-0.15, -0.1) is 11.8 Å². The van der Waals surface area contributed by atoms with E-state index in [1.807, 2.05) is 13.8 Å². The number of aliphatic hydroxyl groups is 1. The summed E-state index contributed by atoms with van der Waals surface area (Å²) in [5, 5.41) is 8.76. The Balaban J connectivity index is 4.00. The van der Waals surface area contributed by atoms with Crippen molar-refractivity contribution in [3.05, 3.63) is 0 Å². The normalized spacial score (nSPS) is 15.1. The molecule has 78 valence electrons. The Morgan fingerprint density at radius 1 is 1.69 bits per heavy atom. The lowest BCUT2D eigenvalue weighted by Gasteiger charge is -2.17. The van der Waals surface area contributed by atoms with Crippen LogP contribution in [0.3, 0.4) is 0 Å². The van der Waals surface area contributed by atoms with Crippen LogP contribution < -0.4 is 11.3 Å². The molecular formula is C8H18N2O2S. The number of hydrogen-bond acceptors (Lipinski definition) is 4. The summed E-state index contributed by atoms with van der Waals surface area (Å²) in [6.45, 7) is 3.99. The van der Waals surface area contributed by atoms with Gasteiger partial charge in [-0.05, 0) is 6.42 Å². The zero-order valence-corrected chi connectivity index (χ0v) is 8.93. The van der Waals surface area contributed by atoms with E-state index in [0.29, 0.717) is 0 Å². The van der Waals surface area contributed by atoms with Crippen molar-refractivity contribution in [1.29, 1.82) is 0 Å². The van der Waals surface area contributed by atoms with Crippen molar-refractivity contribution in [2.75, 3.05) is 6.61 Å². The van der Waals surface area contributed by atoms with E-state index in [1.165, 1.54) is 11.8 Å². The first-order chi connectivity index (χ1) is 6.15. The van der Waals surface area contributed by atoms with Crippen LogP contribution >= 0.6 is 11.8 Å². The number of nitrogens with one attached hydrogen (secondary N) is 1. The fraction of sp³-hybridized carbons (Fsp3) is 0.875. The highest BCUT2D eigenvalue weighted by Gasteiger charge is 2.19. The first-order valence-electron chi connectivity index (χ1n) is 4.42. The van der Waals surface area contributed by atoms with Crippen molar-refractivity contribution in [2.24, 2.45) is 5.84 Å². The Bertz CT molecular complexity index is 155. The van der Waals surface area contributed by atoms with Gasteiger partial charge in [0.05, 0.1) is 11.9 Å². The second kappa shape index (κ2) is 7.17. The largest absolute Gasteiger partial charge is 0.395 e. The molecule has 0 saturated heterocycles. The third-order valence-electron chi connectivity index (χ3n) is 1.64. The van der Waals surface area contributed by atoms with Crippen LogP contribution in [0.4, 0.5) is 0 Å². The maximum Gasteiger partial charge on any atom is 0.246 e. The quantitative estimate of drug-likeness (QED) is 0.331. The van der Waals surface area contributed by atoms with Gasteiger partial charge in [0.2, 0.25) is 5.91 Å². The monoisotopic (exact) mass is 206 g/mol. The zero-order chi connectivity index (χ0) is 10.3. The number of nitrogens with two attached hydrogens (primary N) is 1. The summed E-state index contributed by atoms with van der Waals surface area (Å²) < 4.78 is 0. The van der Waals surface area contributed by atoms with E-state index >= 15 is 0 Å². The molecule has 0 rings (SSSR count). The Morgan fingerprint density at radius 2 is 2.31 bits per heavy atom. The number of aliphatic hydroxyl groups excluding tert-OH is 1. The van der Waals surface area contributed by atoms with E-state index in [4.69, 9.17) is 10.9 Å². The fourth-order valence-electron chi connectivity index (χ4n) is 0.940. The third-order valence-corrected chi connectivity index (χ3v) is 3.03. The summed E-state index contributed by atoms with van der Waals surface area (Å²) in [6.07, 6.45) is 1.72. The molecule has 0 aromatic heterocycles. The molecule has 0 bridgehead atoms. The highest BCUT2D eigenvalue weighted by atomic mass is 32.2. The lowest BCUT2D eigenvalue weighted by atomic mass is 10.2. The molecule has 0 fully saturated rings. The van der Waals surface area contributed by atoms with Crippen LogP contribution in [0.1, 0.15) is 26.7 Å². The first kappa shape index (κ1) is 12.7. The molecule has 0 spiro atoms. The highest BCUT2D eigenvalue weighted by Crippen LogP contribution is 2.21. The standard InChI is InChI=1S/C8H18N2O2S/c1-3-4-7(8(12)10-9)13-6(2)5-11/h6-7,11H,3-5,9H2,1-2H3,(H,10,12). The number of hydrazine groups is 1. The van der Waals surface area contributed by atoms with E-state index in [-0.39, 0.29) is 23.0 Å². The molecular weight excluding hydrogens is 188 g/mol. The first-order valence-corrected chi connectivity index (χ1v) is 5.36. The molecule has 1 amide bonds. The van der Waals surface area contributed by atoms with Crippen LogP contribution in [0.5, 0.6) is 0 Å². The van der Waals surface area contributed by atoms with E-state index in [2.05, 4.69) is 5.43 Å². The van der Waals surface area contributed by atoms with Crippen molar-refractivity contribution >= 4 is 17.7 Å². The van der Waals surface area contributed by atoms with Gasteiger partial charge in [0.25, 0.3) is 0 Å². The van der Waals surface area contributed by atoms with Crippen molar-refractivity contribution in [3.63, 3.8) is 0 Å². The Morgan fingerprint density at radius 3 is 2.69 bits per heavy atom. The molecule has 5 heteroatoms. The van der Waals surface area contributed by atoms with Gasteiger partial charge in [0.1, 0.15) is 0 Å². The molecule has 0 radical (unpaired) electrons. The van der Waals surface area contributed by atoms with E-state index in [9.17, 15) is 4.79 Å². The van der Waals surface area contributed by atoms with Gasteiger partial charge in [-0.3, -0.25) is 10.2 Å². The number of amides is 1. The van der Waals surface area contributed by atoms with Crippen LogP contribution in [-0.4, -0.2) is 28.1 Å². The number of rotatable bonds is 6. The Labute approximate surface area is 83.2 Å². The molecule has 13 heavy (non-hydrogen) atoms. The smallest absolute Gasteiger partial charge is 0.246 e. The zero-order valence-electron chi connectivity index (χ0n) is 8.12. The van der Waals surface area contributed by atoms with Gasteiger partial charge in [0.15, 0.2) is 0 Å². The van der Waals surface area contributed by atoms with Crippen molar-refractivity contribution in [2.45, 2.75) is 37.2 Å². The topological polar surface area (TPSA) is 75.3 Å². The second-order valence-electron chi connectivity index (χ2n) is 2.92. The van der Waals surface area contributed by atoms with Crippen LogP contribution in [0, 0.1) is 0 Å². The lowest BCUT2D eigenvalue weighted by Crippen LogP contribution is -2.38. The van der Waals surface area contributed by atoms with E-state index < -0.39 is 0 Å². The van der Waals surface area contributed by atoms with Crippen molar-refractivity contribution in [3.8, 4) is 0 Å². The average molecular weight is 206 g/mol. The Kier molecular flexibility index (Phi) is 7.03. The van der Waals surface area contributed by atoms with Gasteiger partial charge in [0, 0.05) is 5.25 Å². The van der Waals surface area contributed by atoms with Gasteiger partial charge in [-0.25, -0.2) is 5.84 Å². The van der Waals surface area contributed by atoms with E-state index in [1.54, 1.807) is 0 Å². The predicted molar refractivity (Wildman–Crippen MR) is 55.2 cm³/mol. The van der Waals surface area contributed by atoms with Crippen molar-refractivity contribution in [1.82, 2.24) is 5.43 Å². The van der Waals surface area contributed by atoms with Gasteiger partial charge < -0.3 is 5.11 Å².